The molecule has 0 saturated heterocycles. The molecule has 4 heteroatoms. The van der Waals surface area contributed by atoms with Crippen molar-refractivity contribution in [3.8, 4) is 0 Å². The zero-order valence-electron chi connectivity index (χ0n) is 7.88. The first-order valence-corrected chi connectivity index (χ1v) is 4.65. The van der Waals surface area contributed by atoms with E-state index in [1.807, 2.05) is 24.3 Å². The van der Waals surface area contributed by atoms with E-state index >= 15 is 0 Å². The van der Waals surface area contributed by atoms with E-state index < -0.39 is 0 Å². The van der Waals surface area contributed by atoms with Crippen LogP contribution in [0.2, 0.25) is 0 Å². The third-order valence-corrected chi connectivity index (χ3v) is 2.46. The van der Waals surface area contributed by atoms with Crippen molar-refractivity contribution in [3.05, 3.63) is 42.4 Å². The van der Waals surface area contributed by atoms with Crippen molar-refractivity contribution in [3.63, 3.8) is 0 Å². The van der Waals surface area contributed by atoms with Crippen molar-refractivity contribution < 1.29 is 9.21 Å². The summed E-state index contributed by atoms with van der Waals surface area (Å²) in [6.45, 7) is 0. The maximum atomic E-state index is 11.8. The highest BCUT2D eigenvalue weighted by molar-refractivity contribution is 6.06. The number of oxazole rings is 1. The quantitative estimate of drug-likeness (QED) is 0.706. The van der Waals surface area contributed by atoms with Crippen LogP contribution in [0.15, 0.2) is 41.3 Å². The van der Waals surface area contributed by atoms with Crippen LogP contribution in [-0.4, -0.2) is 10.9 Å². The van der Waals surface area contributed by atoms with Gasteiger partial charge in [-0.3, -0.25) is 4.79 Å². The zero-order chi connectivity index (χ0) is 10.3. The van der Waals surface area contributed by atoms with E-state index in [1.54, 1.807) is 11.1 Å². The molecule has 74 valence electrons. The normalized spacial score (nSPS) is 14.4. The summed E-state index contributed by atoms with van der Waals surface area (Å²) < 4.78 is 5.14. The van der Waals surface area contributed by atoms with Gasteiger partial charge >= 0.3 is 0 Å². The van der Waals surface area contributed by atoms with Crippen LogP contribution >= 0.6 is 0 Å². The van der Waals surface area contributed by atoms with E-state index in [9.17, 15) is 4.79 Å². The molecule has 2 aromatic rings. The fraction of sp³-hybridized carbons (Fsp3) is 0.0909. The molecule has 15 heavy (non-hydrogen) atoms. The molecule has 0 atom stereocenters. The fourth-order valence-electron chi connectivity index (χ4n) is 1.82. The summed E-state index contributed by atoms with van der Waals surface area (Å²) in [4.78, 5) is 17.1. The Hall–Kier alpha value is -2.10. The van der Waals surface area contributed by atoms with Gasteiger partial charge in [-0.15, -0.1) is 0 Å². The number of nitrogens with zero attached hydrogens (tertiary/aromatic N) is 2. The monoisotopic (exact) mass is 200 g/mol. The summed E-state index contributed by atoms with van der Waals surface area (Å²) in [6, 6.07) is 7.68. The Balaban J connectivity index is 2.14. The summed E-state index contributed by atoms with van der Waals surface area (Å²) in [6.07, 6.45) is 3.29. The number of para-hydroxylation sites is 1. The van der Waals surface area contributed by atoms with Gasteiger partial charge in [0, 0.05) is 0 Å². The van der Waals surface area contributed by atoms with E-state index in [0.717, 1.165) is 11.3 Å². The van der Waals surface area contributed by atoms with Crippen LogP contribution in [0.1, 0.15) is 5.56 Å². The molecule has 0 unspecified atom stereocenters. The Labute approximate surface area is 86.1 Å². The lowest BCUT2D eigenvalue weighted by atomic mass is 10.2. The minimum Gasteiger partial charge on any atom is -0.427 e. The first-order chi connectivity index (χ1) is 7.36. The average molecular weight is 200 g/mol. The summed E-state index contributed by atoms with van der Waals surface area (Å²) in [5.74, 6) is 0.498. The van der Waals surface area contributed by atoms with Crippen molar-refractivity contribution in [2.24, 2.45) is 0 Å². The molecule has 0 spiro atoms. The summed E-state index contributed by atoms with van der Waals surface area (Å²) in [7, 11) is 0. The minimum absolute atomic E-state index is 0.0213. The van der Waals surface area contributed by atoms with Gasteiger partial charge in [-0.05, 0) is 11.6 Å². The number of rotatable bonds is 1. The smallest absolute Gasteiger partial charge is 0.238 e. The fourth-order valence-corrected chi connectivity index (χ4v) is 1.82. The Morgan fingerprint density at radius 3 is 3.00 bits per heavy atom. The average Bonchev–Trinajstić information content (AvgIpc) is 2.82. The predicted molar refractivity (Wildman–Crippen MR) is 53.8 cm³/mol. The molecule has 1 aromatic carbocycles. The van der Waals surface area contributed by atoms with Crippen LogP contribution in [0.3, 0.4) is 0 Å². The maximum Gasteiger partial charge on any atom is 0.238 e. The number of carbonyl (C=O) groups is 1. The molecule has 1 amide bonds. The molecule has 0 N–H and O–H groups in total. The van der Waals surface area contributed by atoms with Gasteiger partial charge in [0.2, 0.25) is 11.8 Å². The van der Waals surface area contributed by atoms with E-state index in [1.165, 1.54) is 6.39 Å². The maximum absolute atomic E-state index is 11.8. The van der Waals surface area contributed by atoms with Gasteiger partial charge in [-0.2, -0.15) is 0 Å². The SMILES string of the molecule is O=C1Cc2ccccc2N1c1cnco1. The van der Waals surface area contributed by atoms with Gasteiger partial charge in [0.1, 0.15) is 0 Å². The standard InChI is InChI=1S/C11H8N2O2/c14-10-5-8-3-1-2-4-9(8)13(10)11-6-12-7-15-11/h1-4,6-7H,5H2. The highest BCUT2D eigenvalue weighted by atomic mass is 16.4. The number of aromatic nitrogens is 1. The van der Waals surface area contributed by atoms with Gasteiger partial charge in [0.15, 0.2) is 6.39 Å². The molecule has 0 fully saturated rings. The van der Waals surface area contributed by atoms with Crippen LogP contribution < -0.4 is 4.90 Å². The molecule has 3 rings (SSSR count). The minimum atomic E-state index is 0.0213. The number of hydrogen-bond donors (Lipinski definition) is 0. The molecular formula is C11H8N2O2. The second kappa shape index (κ2) is 2.95. The lowest BCUT2D eigenvalue weighted by molar-refractivity contribution is -0.116. The summed E-state index contributed by atoms with van der Waals surface area (Å²) in [5.41, 5.74) is 1.91. The Morgan fingerprint density at radius 2 is 2.20 bits per heavy atom. The molecule has 1 aliphatic heterocycles. The number of hydrogen-bond acceptors (Lipinski definition) is 3. The summed E-state index contributed by atoms with van der Waals surface area (Å²) in [5, 5.41) is 0. The van der Waals surface area contributed by atoms with Crippen LogP contribution in [0.4, 0.5) is 11.6 Å². The van der Waals surface area contributed by atoms with Crippen molar-refractivity contribution in [2.75, 3.05) is 4.90 Å². The first-order valence-electron chi connectivity index (χ1n) is 4.65. The van der Waals surface area contributed by atoms with Crippen molar-refractivity contribution in [1.29, 1.82) is 0 Å². The molecule has 1 aromatic heterocycles. The van der Waals surface area contributed by atoms with Crippen LogP contribution in [-0.2, 0) is 11.2 Å². The number of carbonyl (C=O) groups excluding carboxylic acids is 1. The van der Waals surface area contributed by atoms with E-state index in [-0.39, 0.29) is 5.91 Å². The molecule has 0 saturated carbocycles. The van der Waals surface area contributed by atoms with Gasteiger partial charge < -0.3 is 4.42 Å². The van der Waals surface area contributed by atoms with E-state index in [4.69, 9.17) is 4.42 Å². The highest BCUT2D eigenvalue weighted by Gasteiger charge is 2.29. The molecule has 0 aliphatic carbocycles. The van der Waals surface area contributed by atoms with E-state index in [0.29, 0.717) is 12.3 Å². The third-order valence-electron chi connectivity index (χ3n) is 2.46. The molecule has 0 radical (unpaired) electrons. The van der Waals surface area contributed by atoms with Crippen molar-refractivity contribution in [1.82, 2.24) is 4.98 Å². The van der Waals surface area contributed by atoms with Gasteiger partial charge in [-0.1, -0.05) is 18.2 Å². The number of anilines is 2. The molecule has 4 nitrogen and oxygen atoms in total. The van der Waals surface area contributed by atoms with Gasteiger partial charge in [0.05, 0.1) is 18.3 Å². The van der Waals surface area contributed by atoms with E-state index in [2.05, 4.69) is 4.98 Å². The molecule has 1 aliphatic rings. The zero-order valence-corrected chi connectivity index (χ0v) is 7.88. The van der Waals surface area contributed by atoms with Gasteiger partial charge in [0.25, 0.3) is 0 Å². The Bertz CT molecular complexity index is 505. The van der Waals surface area contributed by atoms with Crippen LogP contribution in [0.5, 0.6) is 0 Å². The second-order valence-corrected chi connectivity index (χ2v) is 3.37. The van der Waals surface area contributed by atoms with Gasteiger partial charge in [-0.25, -0.2) is 9.88 Å². The lowest BCUT2D eigenvalue weighted by Crippen LogP contribution is -2.20. The number of amides is 1. The number of fused-ring (bicyclic) bond motifs is 1. The topological polar surface area (TPSA) is 46.3 Å². The predicted octanol–water partition coefficient (Wildman–Crippen LogP) is 1.90. The van der Waals surface area contributed by atoms with Crippen molar-refractivity contribution in [2.45, 2.75) is 6.42 Å². The van der Waals surface area contributed by atoms with Crippen molar-refractivity contribution >= 4 is 17.5 Å². The highest BCUT2D eigenvalue weighted by Crippen LogP contribution is 2.34. The van der Waals surface area contributed by atoms with Crippen LogP contribution in [0, 0.1) is 0 Å². The Kier molecular flexibility index (Phi) is 1.62. The Morgan fingerprint density at radius 1 is 1.33 bits per heavy atom. The third kappa shape index (κ3) is 1.15. The lowest BCUT2D eigenvalue weighted by Gasteiger charge is -2.12. The largest absolute Gasteiger partial charge is 0.427 e. The molecule has 0 bridgehead atoms. The first kappa shape index (κ1) is 8.23. The molecule has 2 heterocycles. The second-order valence-electron chi connectivity index (χ2n) is 3.37. The number of benzene rings is 1. The molecular weight excluding hydrogens is 192 g/mol. The summed E-state index contributed by atoms with van der Waals surface area (Å²) >= 11 is 0. The van der Waals surface area contributed by atoms with Crippen LogP contribution in [0.25, 0.3) is 0 Å².